The van der Waals surface area contributed by atoms with E-state index in [4.69, 9.17) is 5.11 Å². The molecule has 1 fully saturated rings. The number of likely N-dealkylation sites (tertiary alicyclic amines) is 1. The molecule has 0 saturated carbocycles. The van der Waals surface area contributed by atoms with Crippen LogP contribution in [0, 0.1) is 17.8 Å². The first-order chi connectivity index (χ1) is 8.70. The highest BCUT2D eigenvalue weighted by molar-refractivity contribution is 7.10. The van der Waals surface area contributed by atoms with Gasteiger partial charge in [-0.05, 0) is 37.3 Å². The lowest BCUT2D eigenvalue weighted by molar-refractivity contribution is 0.127. The van der Waals surface area contributed by atoms with E-state index in [9.17, 15) is 5.11 Å². The molecular formula is C14H19NO2S. The van der Waals surface area contributed by atoms with Crippen molar-refractivity contribution in [2.45, 2.75) is 26.0 Å². The van der Waals surface area contributed by atoms with Crippen molar-refractivity contribution in [1.29, 1.82) is 0 Å². The molecule has 0 radical (unpaired) electrons. The Morgan fingerprint density at radius 2 is 2.44 bits per heavy atom. The maximum atomic E-state index is 9.59. The fourth-order valence-corrected chi connectivity index (χ4v) is 3.18. The van der Waals surface area contributed by atoms with Crippen LogP contribution in [0.4, 0.5) is 0 Å². The molecule has 0 bridgehead atoms. The molecule has 3 nitrogen and oxygen atoms in total. The van der Waals surface area contributed by atoms with Crippen molar-refractivity contribution >= 4 is 11.3 Å². The summed E-state index contributed by atoms with van der Waals surface area (Å²) in [7, 11) is 0. The van der Waals surface area contributed by atoms with Crippen LogP contribution >= 0.6 is 11.3 Å². The summed E-state index contributed by atoms with van der Waals surface area (Å²) in [5.74, 6) is 6.08. The molecule has 2 N–H and O–H groups in total. The monoisotopic (exact) mass is 265 g/mol. The van der Waals surface area contributed by atoms with Crippen LogP contribution in [0.25, 0.3) is 0 Å². The van der Waals surface area contributed by atoms with Crippen molar-refractivity contribution in [2.24, 2.45) is 5.92 Å². The Morgan fingerprint density at radius 1 is 1.61 bits per heavy atom. The molecule has 0 amide bonds. The maximum Gasteiger partial charge on any atom is 0.104 e. The highest BCUT2D eigenvalue weighted by atomic mass is 32.1. The Morgan fingerprint density at radius 3 is 3.11 bits per heavy atom. The Balaban J connectivity index is 1.96. The lowest BCUT2D eigenvalue weighted by Gasteiger charge is -2.16. The normalized spacial score (nSPS) is 21.6. The number of nitrogens with zero attached hydrogens (tertiary/aromatic N) is 1. The van der Waals surface area contributed by atoms with Crippen LogP contribution in [0.3, 0.4) is 0 Å². The first-order valence-corrected chi connectivity index (χ1v) is 7.15. The zero-order valence-electron chi connectivity index (χ0n) is 10.6. The number of hydrogen-bond donors (Lipinski definition) is 2. The van der Waals surface area contributed by atoms with Gasteiger partial charge in [0.25, 0.3) is 0 Å². The second kappa shape index (κ2) is 6.35. The van der Waals surface area contributed by atoms with E-state index < -0.39 is 0 Å². The topological polar surface area (TPSA) is 43.7 Å². The molecule has 0 spiro atoms. The van der Waals surface area contributed by atoms with Gasteiger partial charge in [0.15, 0.2) is 0 Å². The van der Waals surface area contributed by atoms with E-state index in [-0.39, 0.29) is 12.7 Å². The van der Waals surface area contributed by atoms with Gasteiger partial charge in [-0.25, -0.2) is 0 Å². The van der Waals surface area contributed by atoms with Gasteiger partial charge in [-0.1, -0.05) is 11.8 Å². The summed E-state index contributed by atoms with van der Waals surface area (Å²) >= 11 is 1.71. The number of aliphatic hydroxyl groups excluding tert-OH is 2. The molecule has 2 atom stereocenters. The van der Waals surface area contributed by atoms with E-state index in [0.29, 0.717) is 5.92 Å². The van der Waals surface area contributed by atoms with E-state index in [1.165, 1.54) is 4.88 Å². The van der Waals surface area contributed by atoms with E-state index in [1.807, 2.05) is 18.4 Å². The van der Waals surface area contributed by atoms with Crippen LogP contribution in [0.2, 0.25) is 0 Å². The minimum atomic E-state index is -0.216. The lowest BCUT2D eigenvalue weighted by atomic mass is 10.0. The summed E-state index contributed by atoms with van der Waals surface area (Å²) in [6.45, 7) is 4.68. The molecule has 1 saturated heterocycles. The molecule has 98 valence electrons. The van der Waals surface area contributed by atoms with Crippen molar-refractivity contribution < 1.29 is 10.2 Å². The van der Waals surface area contributed by atoms with Crippen LogP contribution in [0.1, 0.15) is 23.8 Å². The first kappa shape index (κ1) is 13.6. The lowest BCUT2D eigenvalue weighted by Crippen LogP contribution is -2.23. The smallest absolute Gasteiger partial charge is 0.104 e. The van der Waals surface area contributed by atoms with Gasteiger partial charge >= 0.3 is 0 Å². The fourth-order valence-electron chi connectivity index (χ4n) is 2.31. The second-order valence-corrected chi connectivity index (χ2v) is 5.74. The number of hydrogen-bond acceptors (Lipinski definition) is 4. The fraction of sp³-hybridized carbons (Fsp3) is 0.571. The summed E-state index contributed by atoms with van der Waals surface area (Å²) < 4.78 is 0. The predicted molar refractivity (Wildman–Crippen MR) is 73.3 cm³/mol. The largest absolute Gasteiger partial charge is 0.393 e. The molecule has 2 rings (SSSR count). The zero-order chi connectivity index (χ0) is 13.0. The molecule has 1 aliphatic heterocycles. The summed E-state index contributed by atoms with van der Waals surface area (Å²) in [4.78, 5) is 3.62. The number of rotatable bonds is 3. The van der Waals surface area contributed by atoms with E-state index in [2.05, 4.69) is 16.7 Å². The summed E-state index contributed by atoms with van der Waals surface area (Å²) in [6, 6.07) is 2.00. The van der Waals surface area contributed by atoms with Gasteiger partial charge in [-0.15, -0.1) is 11.3 Å². The average Bonchev–Trinajstić information content (AvgIpc) is 2.96. The maximum absolute atomic E-state index is 9.59. The molecule has 0 aromatic carbocycles. The molecule has 2 unspecified atom stereocenters. The van der Waals surface area contributed by atoms with Crippen LogP contribution in [-0.4, -0.2) is 40.9 Å². The van der Waals surface area contributed by atoms with E-state index in [1.54, 1.807) is 11.3 Å². The molecular weight excluding hydrogens is 246 g/mol. The Bertz CT molecular complexity index is 444. The third-order valence-corrected chi connectivity index (χ3v) is 4.31. The van der Waals surface area contributed by atoms with Gasteiger partial charge in [0.05, 0.1) is 6.10 Å². The van der Waals surface area contributed by atoms with Crippen molar-refractivity contribution in [3.8, 4) is 11.8 Å². The van der Waals surface area contributed by atoms with Gasteiger partial charge in [0.2, 0.25) is 0 Å². The van der Waals surface area contributed by atoms with Gasteiger partial charge in [0.1, 0.15) is 6.61 Å². The minimum absolute atomic E-state index is 0.0941. The average molecular weight is 265 g/mol. The quantitative estimate of drug-likeness (QED) is 0.810. The van der Waals surface area contributed by atoms with Crippen molar-refractivity contribution in [3.63, 3.8) is 0 Å². The van der Waals surface area contributed by atoms with E-state index in [0.717, 1.165) is 31.6 Å². The van der Waals surface area contributed by atoms with Gasteiger partial charge in [-0.2, -0.15) is 0 Å². The second-order valence-electron chi connectivity index (χ2n) is 4.74. The molecule has 2 heterocycles. The zero-order valence-corrected chi connectivity index (χ0v) is 11.4. The standard InChI is InChI=1S/C14H19NO2S/c1-11(17)13-4-6-15(9-13)10-14-12(3-2-7-16)5-8-18-14/h5,8,11,13,16-17H,4,6-7,9-10H2,1H3. The van der Waals surface area contributed by atoms with E-state index >= 15 is 0 Å². The summed E-state index contributed by atoms with van der Waals surface area (Å²) in [5, 5.41) is 20.4. The Hall–Kier alpha value is -0.860. The SMILES string of the molecule is CC(O)C1CCN(Cc2sccc2C#CCO)C1. The minimum Gasteiger partial charge on any atom is -0.393 e. The molecule has 18 heavy (non-hydrogen) atoms. The van der Waals surface area contributed by atoms with Crippen LogP contribution in [0.5, 0.6) is 0 Å². The first-order valence-electron chi connectivity index (χ1n) is 6.27. The third-order valence-electron chi connectivity index (χ3n) is 3.41. The van der Waals surface area contributed by atoms with Crippen molar-refractivity contribution in [3.05, 3.63) is 21.9 Å². The summed E-state index contributed by atoms with van der Waals surface area (Å²) in [6.07, 6.45) is 0.854. The van der Waals surface area contributed by atoms with Gasteiger partial charge < -0.3 is 10.2 Å². The van der Waals surface area contributed by atoms with Crippen molar-refractivity contribution in [2.75, 3.05) is 19.7 Å². The van der Waals surface area contributed by atoms with Gasteiger partial charge in [-0.3, -0.25) is 4.90 Å². The van der Waals surface area contributed by atoms with Crippen LogP contribution < -0.4 is 0 Å². The Kier molecular flexibility index (Phi) is 4.79. The number of aliphatic hydroxyl groups is 2. The number of thiophene rings is 1. The molecule has 1 aliphatic rings. The van der Waals surface area contributed by atoms with Crippen molar-refractivity contribution in [1.82, 2.24) is 4.90 Å². The van der Waals surface area contributed by atoms with Crippen LogP contribution in [-0.2, 0) is 6.54 Å². The van der Waals surface area contributed by atoms with Gasteiger partial charge in [0, 0.05) is 23.5 Å². The molecule has 1 aromatic rings. The Labute approximate surface area is 112 Å². The predicted octanol–water partition coefficient (Wildman–Crippen LogP) is 1.29. The van der Waals surface area contributed by atoms with Crippen LogP contribution in [0.15, 0.2) is 11.4 Å². The molecule has 0 aliphatic carbocycles. The molecule has 4 heteroatoms. The third kappa shape index (κ3) is 3.33. The molecule has 1 aromatic heterocycles. The highest BCUT2D eigenvalue weighted by Gasteiger charge is 2.26. The summed E-state index contributed by atoms with van der Waals surface area (Å²) in [5.41, 5.74) is 1.02. The highest BCUT2D eigenvalue weighted by Crippen LogP contribution is 2.24.